The third-order valence-electron chi connectivity index (χ3n) is 2.68. The normalized spacial score (nSPS) is 11.9. The van der Waals surface area contributed by atoms with Gasteiger partial charge in [-0.25, -0.2) is 4.98 Å². The Morgan fingerprint density at radius 1 is 1.55 bits per heavy atom. The zero-order valence-electron chi connectivity index (χ0n) is 11.4. The molecule has 3 N–H and O–H groups in total. The number of nitrogens with zero attached hydrogens (tertiary/aromatic N) is 1. The molecule has 0 aliphatic carbocycles. The number of benzene rings is 1. The van der Waals surface area contributed by atoms with Gasteiger partial charge in [0.25, 0.3) is 5.91 Å². The molecule has 1 heterocycles. The minimum absolute atomic E-state index is 0.103. The van der Waals surface area contributed by atoms with E-state index < -0.39 is 5.91 Å². The lowest BCUT2D eigenvalue weighted by molar-refractivity contribution is -0.119. The summed E-state index contributed by atoms with van der Waals surface area (Å²) < 4.78 is 5.27. The Morgan fingerprint density at radius 3 is 3.00 bits per heavy atom. The van der Waals surface area contributed by atoms with Gasteiger partial charge in [0, 0.05) is 17.1 Å². The van der Waals surface area contributed by atoms with Crippen molar-refractivity contribution in [2.45, 2.75) is 19.9 Å². The van der Waals surface area contributed by atoms with Crippen molar-refractivity contribution in [3.05, 3.63) is 40.3 Å². The number of ether oxygens (including phenoxy) is 1. The smallest absolute Gasteiger partial charge is 0.255 e. The first-order valence-electron chi connectivity index (χ1n) is 6.24. The molecule has 0 saturated carbocycles. The predicted octanol–water partition coefficient (Wildman–Crippen LogP) is 2.49. The van der Waals surface area contributed by atoms with Crippen LogP contribution in [0.4, 0.5) is 5.69 Å². The van der Waals surface area contributed by atoms with Crippen LogP contribution in [0.15, 0.2) is 29.6 Å². The van der Waals surface area contributed by atoms with E-state index in [0.717, 1.165) is 16.4 Å². The number of primary amides is 1. The van der Waals surface area contributed by atoms with Gasteiger partial charge in [-0.2, -0.15) is 0 Å². The first kappa shape index (κ1) is 14.3. The largest absolute Gasteiger partial charge is 0.484 e. The third-order valence-corrected chi connectivity index (χ3v) is 3.47. The summed E-state index contributed by atoms with van der Waals surface area (Å²) in [5, 5.41) is 6.44. The van der Waals surface area contributed by atoms with Crippen LogP contribution in [0.25, 0.3) is 0 Å². The monoisotopic (exact) mass is 291 g/mol. The van der Waals surface area contributed by atoms with E-state index in [1.54, 1.807) is 17.4 Å². The molecular weight excluding hydrogens is 274 g/mol. The van der Waals surface area contributed by atoms with Crippen molar-refractivity contribution < 1.29 is 9.53 Å². The molecule has 0 saturated heterocycles. The summed E-state index contributed by atoms with van der Waals surface area (Å²) in [6, 6.07) is 7.51. The molecule has 106 valence electrons. The van der Waals surface area contributed by atoms with E-state index in [0.29, 0.717) is 5.75 Å². The molecule has 20 heavy (non-hydrogen) atoms. The van der Waals surface area contributed by atoms with Crippen LogP contribution in [-0.4, -0.2) is 17.5 Å². The zero-order chi connectivity index (χ0) is 14.5. The average molecular weight is 291 g/mol. The molecule has 1 amide bonds. The summed E-state index contributed by atoms with van der Waals surface area (Å²) in [5.74, 6) is 0.116. The molecule has 0 spiro atoms. The van der Waals surface area contributed by atoms with Gasteiger partial charge in [-0.05, 0) is 26.0 Å². The number of nitrogens with two attached hydrogens (primary N) is 1. The number of anilines is 1. The third kappa shape index (κ3) is 3.96. The Kier molecular flexibility index (Phi) is 4.57. The molecule has 2 aromatic rings. The van der Waals surface area contributed by atoms with Gasteiger partial charge in [-0.3, -0.25) is 4.79 Å². The highest BCUT2D eigenvalue weighted by atomic mass is 32.1. The number of rotatable bonds is 6. The average Bonchev–Trinajstić information content (AvgIpc) is 2.84. The first-order chi connectivity index (χ1) is 9.54. The molecular formula is C14H17N3O2S. The molecule has 2 rings (SSSR count). The SMILES string of the molecule is Cc1nc(C(C)Nc2cccc(OCC(N)=O)c2)cs1. The summed E-state index contributed by atoms with van der Waals surface area (Å²) in [6.07, 6.45) is 0. The maximum atomic E-state index is 10.7. The van der Waals surface area contributed by atoms with E-state index in [2.05, 4.69) is 10.3 Å². The van der Waals surface area contributed by atoms with Gasteiger partial charge in [-0.1, -0.05) is 6.07 Å². The Labute approximate surface area is 121 Å². The molecule has 0 radical (unpaired) electrons. The number of nitrogens with one attached hydrogen (secondary N) is 1. The number of carbonyl (C=O) groups is 1. The summed E-state index contributed by atoms with van der Waals surface area (Å²) >= 11 is 1.63. The van der Waals surface area contributed by atoms with Crippen molar-refractivity contribution in [1.29, 1.82) is 0 Å². The maximum Gasteiger partial charge on any atom is 0.255 e. The lowest BCUT2D eigenvalue weighted by Crippen LogP contribution is -2.20. The lowest BCUT2D eigenvalue weighted by atomic mass is 10.2. The molecule has 0 aliphatic heterocycles. The summed E-state index contributed by atoms with van der Waals surface area (Å²) in [5.41, 5.74) is 6.97. The Morgan fingerprint density at radius 2 is 2.35 bits per heavy atom. The van der Waals surface area contributed by atoms with Crippen molar-refractivity contribution in [3.8, 4) is 5.75 Å². The molecule has 0 bridgehead atoms. The van der Waals surface area contributed by atoms with Crippen LogP contribution in [0.1, 0.15) is 23.7 Å². The fraction of sp³-hybridized carbons (Fsp3) is 0.286. The highest BCUT2D eigenvalue weighted by Gasteiger charge is 2.09. The standard InChI is InChI=1S/C14H17N3O2S/c1-9(13-8-20-10(2)17-13)16-11-4-3-5-12(6-11)19-7-14(15)18/h3-6,8-9,16H,7H2,1-2H3,(H2,15,18). The van der Waals surface area contributed by atoms with Crippen LogP contribution in [0.5, 0.6) is 5.75 Å². The van der Waals surface area contributed by atoms with Gasteiger partial charge >= 0.3 is 0 Å². The quantitative estimate of drug-likeness (QED) is 0.857. The van der Waals surface area contributed by atoms with Crippen LogP contribution >= 0.6 is 11.3 Å². The van der Waals surface area contributed by atoms with Crippen LogP contribution in [0, 0.1) is 6.92 Å². The lowest BCUT2D eigenvalue weighted by Gasteiger charge is -2.14. The van der Waals surface area contributed by atoms with Crippen molar-refractivity contribution >= 4 is 22.9 Å². The number of hydrogen-bond acceptors (Lipinski definition) is 5. The fourth-order valence-corrected chi connectivity index (χ4v) is 2.44. The highest BCUT2D eigenvalue weighted by Crippen LogP contribution is 2.23. The molecule has 1 aromatic carbocycles. The summed E-state index contributed by atoms with van der Waals surface area (Å²) in [6.45, 7) is 3.91. The minimum atomic E-state index is -0.491. The highest BCUT2D eigenvalue weighted by molar-refractivity contribution is 7.09. The number of hydrogen-bond donors (Lipinski definition) is 2. The number of aromatic nitrogens is 1. The second-order valence-electron chi connectivity index (χ2n) is 4.44. The first-order valence-corrected chi connectivity index (χ1v) is 7.12. The van der Waals surface area contributed by atoms with Gasteiger partial charge in [0.15, 0.2) is 6.61 Å². The molecule has 0 fully saturated rings. The second-order valence-corrected chi connectivity index (χ2v) is 5.50. The maximum absolute atomic E-state index is 10.7. The van der Waals surface area contributed by atoms with Gasteiger partial charge < -0.3 is 15.8 Å². The van der Waals surface area contributed by atoms with E-state index in [1.807, 2.05) is 37.4 Å². The van der Waals surface area contributed by atoms with Crippen molar-refractivity contribution in [2.75, 3.05) is 11.9 Å². The number of thiazole rings is 1. The second kappa shape index (κ2) is 6.38. The van der Waals surface area contributed by atoms with Crippen LogP contribution < -0.4 is 15.8 Å². The minimum Gasteiger partial charge on any atom is -0.484 e. The van der Waals surface area contributed by atoms with Crippen LogP contribution in [0.3, 0.4) is 0 Å². The topological polar surface area (TPSA) is 77.2 Å². The number of aryl methyl sites for hydroxylation is 1. The van der Waals surface area contributed by atoms with Gasteiger partial charge in [0.05, 0.1) is 16.7 Å². The van der Waals surface area contributed by atoms with Crippen molar-refractivity contribution in [1.82, 2.24) is 4.98 Å². The summed E-state index contributed by atoms with van der Waals surface area (Å²) in [7, 11) is 0. The van der Waals surface area contributed by atoms with E-state index >= 15 is 0 Å². The van der Waals surface area contributed by atoms with Crippen LogP contribution in [0.2, 0.25) is 0 Å². The van der Waals surface area contributed by atoms with E-state index in [9.17, 15) is 4.79 Å². The zero-order valence-corrected chi connectivity index (χ0v) is 12.2. The van der Waals surface area contributed by atoms with Gasteiger partial charge in [0.1, 0.15) is 5.75 Å². The number of amides is 1. The molecule has 5 nitrogen and oxygen atoms in total. The van der Waals surface area contributed by atoms with E-state index in [-0.39, 0.29) is 12.6 Å². The molecule has 1 aromatic heterocycles. The van der Waals surface area contributed by atoms with Crippen LogP contribution in [-0.2, 0) is 4.79 Å². The molecule has 1 unspecified atom stereocenters. The summed E-state index contributed by atoms with van der Waals surface area (Å²) in [4.78, 5) is 15.1. The molecule has 0 aliphatic rings. The van der Waals surface area contributed by atoms with E-state index in [4.69, 9.17) is 10.5 Å². The van der Waals surface area contributed by atoms with Gasteiger partial charge in [0.2, 0.25) is 0 Å². The van der Waals surface area contributed by atoms with Gasteiger partial charge in [-0.15, -0.1) is 11.3 Å². The van der Waals surface area contributed by atoms with E-state index in [1.165, 1.54) is 0 Å². The molecule has 1 atom stereocenters. The molecule has 6 heteroatoms. The fourth-order valence-electron chi connectivity index (χ4n) is 1.73. The Hall–Kier alpha value is -2.08. The predicted molar refractivity (Wildman–Crippen MR) is 80.0 cm³/mol. The Bertz CT molecular complexity index is 598. The van der Waals surface area contributed by atoms with Crippen molar-refractivity contribution in [2.24, 2.45) is 5.73 Å². The Balaban J connectivity index is 2.02. The number of carbonyl (C=O) groups excluding carboxylic acids is 1. The van der Waals surface area contributed by atoms with Crippen molar-refractivity contribution in [3.63, 3.8) is 0 Å².